The largest absolute Gasteiger partial charge is 0.338 e. The number of rotatable bonds is 4. The fourth-order valence-electron chi connectivity index (χ4n) is 3.79. The Morgan fingerprint density at radius 2 is 2.04 bits per heavy atom. The molecular formula is C20H27N3O. The van der Waals surface area contributed by atoms with Crippen LogP contribution in [0.1, 0.15) is 33.7 Å². The summed E-state index contributed by atoms with van der Waals surface area (Å²) in [5, 5.41) is 3.22. The Morgan fingerprint density at radius 1 is 1.25 bits per heavy atom. The summed E-state index contributed by atoms with van der Waals surface area (Å²) in [5.41, 5.74) is 5.31. The molecule has 4 nitrogen and oxygen atoms in total. The minimum atomic E-state index is 0.167. The number of aryl methyl sites for hydroxylation is 2. The van der Waals surface area contributed by atoms with Gasteiger partial charge in [-0.25, -0.2) is 0 Å². The molecule has 0 aliphatic carbocycles. The molecule has 3 rings (SSSR count). The molecule has 24 heavy (non-hydrogen) atoms. The SMILES string of the molecule is CNCC1CCN(C(=O)c2cc(C)n(-c3cccc(C)c3)c2C)C1. The predicted octanol–water partition coefficient (Wildman–Crippen LogP) is 3.08. The van der Waals surface area contributed by atoms with E-state index < -0.39 is 0 Å². The molecule has 0 radical (unpaired) electrons. The average Bonchev–Trinajstić information content (AvgIpc) is 3.12. The second-order valence-corrected chi connectivity index (χ2v) is 6.92. The van der Waals surface area contributed by atoms with Crippen molar-refractivity contribution in [2.45, 2.75) is 27.2 Å². The number of amides is 1. The highest BCUT2D eigenvalue weighted by molar-refractivity contribution is 5.96. The summed E-state index contributed by atoms with van der Waals surface area (Å²) in [5.74, 6) is 0.736. The predicted molar refractivity (Wildman–Crippen MR) is 97.9 cm³/mol. The van der Waals surface area contributed by atoms with Crippen molar-refractivity contribution in [3.63, 3.8) is 0 Å². The average molecular weight is 325 g/mol. The van der Waals surface area contributed by atoms with Gasteiger partial charge in [-0.1, -0.05) is 12.1 Å². The number of hydrogen-bond donors (Lipinski definition) is 1. The van der Waals surface area contributed by atoms with Crippen LogP contribution in [0.15, 0.2) is 30.3 Å². The van der Waals surface area contributed by atoms with Gasteiger partial charge in [-0.15, -0.1) is 0 Å². The molecule has 0 bridgehead atoms. The number of carbonyl (C=O) groups is 1. The second-order valence-electron chi connectivity index (χ2n) is 6.92. The van der Waals surface area contributed by atoms with Gasteiger partial charge in [0.25, 0.3) is 5.91 Å². The fraction of sp³-hybridized carbons (Fsp3) is 0.450. The van der Waals surface area contributed by atoms with Crippen molar-refractivity contribution >= 4 is 5.91 Å². The van der Waals surface area contributed by atoms with E-state index in [1.165, 1.54) is 5.56 Å². The van der Waals surface area contributed by atoms with E-state index in [9.17, 15) is 4.79 Å². The smallest absolute Gasteiger partial charge is 0.255 e. The lowest BCUT2D eigenvalue weighted by Crippen LogP contribution is -2.30. The molecule has 2 aromatic rings. The van der Waals surface area contributed by atoms with Gasteiger partial charge in [0, 0.05) is 30.2 Å². The van der Waals surface area contributed by atoms with Crippen molar-refractivity contribution in [3.05, 3.63) is 52.8 Å². The minimum absolute atomic E-state index is 0.167. The van der Waals surface area contributed by atoms with Crippen molar-refractivity contribution < 1.29 is 4.79 Å². The third-order valence-electron chi connectivity index (χ3n) is 4.99. The van der Waals surface area contributed by atoms with E-state index in [1.807, 2.05) is 24.9 Å². The first-order valence-corrected chi connectivity index (χ1v) is 8.71. The van der Waals surface area contributed by atoms with Crippen LogP contribution in [0.25, 0.3) is 5.69 Å². The van der Waals surface area contributed by atoms with Crippen LogP contribution in [0.5, 0.6) is 0 Å². The molecule has 1 aliphatic heterocycles. The molecule has 1 aromatic carbocycles. The first-order valence-electron chi connectivity index (χ1n) is 8.71. The standard InChI is InChI=1S/C20H27N3O/c1-14-6-5-7-18(10-14)23-15(2)11-19(16(23)3)20(24)22-9-8-17(13-22)12-21-4/h5-7,10-11,17,21H,8-9,12-13H2,1-4H3. The summed E-state index contributed by atoms with van der Waals surface area (Å²) in [6.45, 7) is 8.90. The molecule has 0 saturated carbocycles. The number of aromatic nitrogens is 1. The molecule has 1 N–H and O–H groups in total. The molecule has 4 heteroatoms. The van der Waals surface area contributed by atoms with Crippen LogP contribution in [0.4, 0.5) is 0 Å². The van der Waals surface area contributed by atoms with Crippen LogP contribution in [-0.4, -0.2) is 42.1 Å². The van der Waals surface area contributed by atoms with Crippen LogP contribution in [0.3, 0.4) is 0 Å². The van der Waals surface area contributed by atoms with Gasteiger partial charge in [-0.2, -0.15) is 0 Å². The number of likely N-dealkylation sites (tertiary alicyclic amines) is 1. The highest BCUT2D eigenvalue weighted by atomic mass is 16.2. The van der Waals surface area contributed by atoms with Gasteiger partial charge in [-0.05, 0) is 70.5 Å². The minimum Gasteiger partial charge on any atom is -0.338 e. The maximum absolute atomic E-state index is 13.0. The lowest BCUT2D eigenvalue weighted by atomic mass is 10.1. The first-order chi connectivity index (χ1) is 11.5. The van der Waals surface area contributed by atoms with Crippen LogP contribution < -0.4 is 5.32 Å². The quantitative estimate of drug-likeness (QED) is 0.938. The van der Waals surface area contributed by atoms with Gasteiger partial charge < -0.3 is 14.8 Å². The van der Waals surface area contributed by atoms with Crippen molar-refractivity contribution in [2.24, 2.45) is 5.92 Å². The van der Waals surface area contributed by atoms with Crippen LogP contribution in [0.2, 0.25) is 0 Å². The summed E-state index contributed by atoms with van der Waals surface area (Å²) in [7, 11) is 1.97. The van der Waals surface area contributed by atoms with Crippen LogP contribution in [-0.2, 0) is 0 Å². The van der Waals surface area contributed by atoms with Crippen LogP contribution >= 0.6 is 0 Å². The maximum atomic E-state index is 13.0. The molecule has 1 unspecified atom stereocenters. The van der Waals surface area contributed by atoms with Gasteiger partial charge in [0.1, 0.15) is 0 Å². The normalized spacial score (nSPS) is 17.5. The van der Waals surface area contributed by atoms with Crippen molar-refractivity contribution in [3.8, 4) is 5.69 Å². The molecule has 1 amide bonds. The Bertz CT molecular complexity index is 747. The van der Waals surface area contributed by atoms with E-state index in [2.05, 4.69) is 48.0 Å². The van der Waals surface area contributed by atoms with Gasteiger partial charge in [0.15, 0.2) is 0 Å². The molecular weight excluding hydrogens is 298 g/mol. The zero-order valence-corrected chi connectivity index (χ0v) is 15.1. The van der Waals surface area contributed by atoms with E-state index in [0.29, 0.717) is 5.92 Å². The summed E-state index contributed by atoms with van der Waals surface area (Å²) >= 11 is 0. The molecule has 2 heterocycles. The maximum Gasteiger partial charge on any atom is 0.255 e. The zero-order valence-electron chi connectivity index (χ0n) is 15.1. The van der Waals surface area contributed by atoms with Gasteiger partial charge in [0.05, 0.1) is 5.56 Å². The Kier molecular flexibility index (Phi) is 4.76. The molecule has 1 aromatic heterocycles. The van der Waals surface area contributed by atoms with Gasteiger partial charge in [0.2, 0.25) is 0 Å². The molecule has 128 valence electrons. The second kappa shape index (κ2) is 6.81. The molecule has 1 saturated heterocycles. The van der Waals surface area contributed by atoms with E-state index in [-0.39, 0.29) is 5.91 Å². The highest BCUT2D eigenvalue weighted by Crippen LogP contribution is 2.25. The number of benzene rings is 1. The highest BCUT2D eigenvalue weighted by Gasteiger charge is 2.28. The van der Waals surface area contributed by atoms with Gasteiger partial charge in [-0.3, -0.25) is 4.79 Å². The Morgan fingerprint density at radius 3 is 2.75 bits per heavy atom. The van der Waals surface area contributed by atoms with E-state index in [0.717, 1.165) is 48.7 Å². The molecule has 1 aliphatic rings. The van der Waals surface area contributed by atoms with Crippen molar-refractivity contribution in [2.75, 3.05) is 26.7 Å². The molecule has 1 atom stereocenters. The topological polar surface area (TPSA) is 37.3 Å². The Balaban J connectivity index is 1.88. The monoisotopic (exact) mass is 325 g/mol. The molecule has 0 spiro atoms. The lowest BCUT2D eigenvalue weighted by Gasteiger charge is -2.17. The number of nitrogens with zero attached hydrogens (tertiary/aromatic N) is 2. The first kappa shape index (κ1) is 16.8. The summed E-state index contributed by atoms with van der Waals surface area (Å²) < 4.78 is 2.18. The number of carbonyl (C=O) groups excluding carboxylic acids is 1. The third kappa shape index (κ3) is 3.11. The van der Waals surface area contributed by atoms with E-state index in [1.54, 1.807) is 0 Å². The Hall–Kier alpha value is -2.07. The lowest BCUT2D eigenvalue weighted by molar-refractivity contribution is 0.0786. The zero-order chi connectivity index (χ0) is 17.3. The number of nitrogens with one attached hydrogen (secondary N) is 1. The van der Waals surface area contributed by atoms with Crippen molar-refractivity contribution in [1.29, 1.82) is 0 Å². The van der Waals surface area contributed by atoms with E-state index >= 15 is 0 Å². The van der Waals surface area contributed by atoms with E-state index in [4.69, 9.17) is 0 Å². The summed E-state index contributed by atoms with van der Waals surface area (Å²) in [6, 6.07) is 10.4. The fourth-order valence-corrected chi connectivity index (χ4v) is 3.79. The summed E-state index contributed by atoms with van der Waals surface area (Å²) in [6.07, 6.45) is 1.09. The van der Waals surface area contributed by atoms with Crippen LogP contribution in [0, 0.1) is 26.7 Å². The molecule has 1 fully saturated rings. The number of hydrogen-bond acceptors (Lipinski definition) is 2. The van der Waals surface area contributed by atoms with Gasteiger partial charge >= 0.3 is 0 Å². The van der Waals surface area contributed by atoms with Crippen molar-refractivity contribution in [1.82, 2.24) is 14.8 Å². The Labute approximate surface area is 144 Å². The summed E-state index contributed by atoms with van der Waals surface area (Å²) in [4.78, 5) is 15.0. The third-order valence-corrected chi connectivity index (χ3v) is 4.99.